The number of anilines is 1. The summed E-state index contributed by atoms with van der Waals surface area (Å²) in [6, 6.07) is 5.23. The molecule has 0 saturated heterocycles. The van der Waals surface area contributed by atoms with Gasteiger partial charge < -0.3 is 5.32 Å². The molecule has 0 radical (unpaired) electrons. The molecule has 1 heterocycles. The molecule has 0 atom stereocenters. The van der Waals surface area contributed by atoms with Crippen LogP contribution in [-0.2, 0) is 4.79 Å². The van der Waals surface area contributed by atoms with E-state index in [0.717, 1.165) is 0 Å². The van der Waals surface area contributed by atoms with Crippen LogP contribution in [0.15, 0.2) is 24.8 Å². The Morgan fingerprint density at radius 1 is 1.31 bits per heavy atom. The number of nitrogens with one attached hydrogen (secondary N) is 1. The molecule has 3 heteroatoms. The molecule has 0 saturated carbocycles. The number of amides is 1. The number of hydrogen-bond acceptors (Lipinski definition) is 2. The van der Waals surface area contributed by atoms with Crippen LogP contribution >= 0.6 is 0 Å². The normalized spacial score (nSPS) is 13.8. The van der Waals surface area contributed by atoms with Gasteiger partial charge >= 0.3 is 0 Å². The standard InChI is InChI=1S/C10H7NO2/c1-2-6-4-3-5-7-8(6)9(12)10(13)11-7/h2-5H,1H2,(H,11,12,13). The third-order valence-electron chi connectivity index (χ3n) is 2.00. The Balaban J connectivity index is 2.71. The summed E-state index contributed by atoms with van der Waals surface area (Å²) in [5.41, 5.74) is 1.70. The SMILES string of the molecule is C=Cc1cccc2c1C(=O)C(=O)N2. The van der Waals surface area contributed by atoms with Gasteiger partial charge in [0.25, 0.3) is 11.7 Å². The quantitative estimate of drug-likeness (QED) is 0.653. The van der Waals surface area contributed by atoms with Crippen molar-refractivity contribution in [1.29, 1.82) is 0 Å². The van der Waals surface area contributed by atoms with Gasteiger partial charge in [0.2, 0.25) is 0 Å². The number of hydrogen-bond donors (Lipinski definition) is 1. The van der Waals surface area contributed by atoms with E-state index in [0.29, 0.717) is 16.8 Å². The molecule has 1 amide bonds. The molecule has 0 aromatic heterocycles. The van der Waals surface area contributed by atoms with Gasteiger partial charge in [-0.25, -0.2) is 0 Å². The summed E-state index contributed by atoms with van der Waals surface area (Å²) < 4.78 is 0. The number of carbonyl (C=O) groups is 2. The Morgan fingerprint density at radius 2 is 2.08 bits per heavy atom. The fourth-order valence-corrected chi connectivity index (χ4v) is 1.39. The van der Waals surface area contributed by atoms with Gasteiger partial charge in [0, 0.05) is 0 Å². The van der Waals surface area contributed by atoms with Crippen molar-refractivity contribution in [3.8, 4) is 0 Å². The van der Waals surface area contributed by atoms with Crippen LogP contribution in [-0.4, -0.2) is 11.7 Å². The maximum Gasteiger partial charge on any atom is 0.296 e. The van der Waals surface area contributed by atoms with Crippen molar-refractivity contribution in [3.63, 3.8) is 0 Å². The first-order valence-electron chi connectivity index (χ1n) is 3.85. The Morgan fingerprint density at radius 3 is 2.77 bits per heavy atom. The minimum atomic E-state index is -0.565. The lowest BCUT2D eigenvalue weighted by molar-refractivity contribution is -0.112. The predicted octanol–water partition coefficient (Wildman–Crippen LogP) is 1.46. The van der Waals surface area contributed by atoms with Crippen LogP contribution in [0, 0.1) is 0 Å². The smallest absolute Gasteiger partial charge is 0.296 e. The summed E-state index contributed by atoms with van der Waals surface area (Å²) >= 11 is 0. The minimum absolute atomic E-state index is 0.433. The highest BCUT2D eigenvalue weighted by Gasteiger charge is 2.29. The number of rotatable bonds is 1. The number of Topliss-reactive ketones (excluding diaryl/α,β-unsaturated/α-hetero) is 1. The minimum Gasteiger partial charge on any atom is -0.318 e. The molecule has 13 heavy (non-hydrogen) atoms. The van der Waals surface area contributed by atoms with E-state index < -0.39 is 11.7 Å². The topological polar surface area (TPSA) is 46.2 Å². The van der Waals surface area contributed by atoms with Crippen LogP contribution in [0.3, 0.4) is 0 Å². The lowest BCUT2D eigenvalue weighted by Gasteiger charge is -1.99. The van der Waals surface area contributed by atoms with Gasteiger partial charge in [0.1, 0.15) is 0 Å². The van der Waals surface area contributed by atoms with Gasteiger partial charge in [-0.3, -0.25) is 9.59 Å². The molecule has 1 aromatic carbocycles. The van der Waals surface area contributed by atoms with Crippen molar-refractivity contribution < 1.29 is 9.59 Å². The number of carbonyl (C=O) groups excluding carboxylic acids is 2. The molecule has 1 N–H and O–H groups in total. The van der Waals surface area contributed by atoms with E-state index in [9.17, 15) is 9.59 Å². The summed E-state index contributed by atoms with van der Waals surface area (Å²) in [4.78, 5) is 22.3. The Kier molecular flexibility index (Phi) is 1.52. The Bertz CT molecular complexity index is 421. The molecule has 0 bridgehead atoms. The zero-order chi connectivity index (χ0) is 9.42. The third-order valence-corrected chi connectivity index (χ3v) is 2.00. The van der Waals surface area contributed by atoms with E-state index in [4.69, 9.17) is 0 Å². The first-order chi connectivity index (χ1) is 6.24. The van der Waals surface area contributed by atoms with Crippen LogP contribution in [0.1, 0.15) is 15.9 Å². The van der Waals surface area contributed by atoms with E-state index in [1.54, 1.807) is 24.3 Å². The molecule has 1 aliphatic rings. The Labute approximate surface area is 75.1 Å². The monoisotopic (exact) mass is 173 g/mol. The molecule has 1 aromatic rings. The van der Waals surface area contributed by atoms with Gasteiger partial charge in [0.05, 0.1) is 11.3 Å². The van der Waals surface area contributed by atoms with Crippen molar-refractivity contribution in [2.45, 2.75) is 0 Å². The van der Waals surface area contributed by atoms with E-state index in [1.165, 1.54) is 0 Å². The average molecular weight is 173 g/mol. The van der Waals surface area contributed by atoms with E-state index in [2.05, 4.69) is 11.9 Å². The highest BCUT2D eigenvalue weighted by atomic mass is 16.2. The van der Waals surface area contributed by atoms with Gasteiger partial charge in [0.15, 0.2) is 0 Å². The maximum atomic E-state index is 11.3. The van der Waals surface area contributed by atoms with Crippen LogP contribution in [0.2, 0.25) is 0 Å². The highest BCUT2D eigenvalue weighted by Crippen LogP contribution is 2.26. The third kappa shape index (κ3) is 0.973. The number of ketones is 1. The van der Waals surface area contributed by atoms with E-state index in [1.807, 2.05) is 0 Å². The summed E-state index contributed by atoms with van der Waals surface area (Å²) in [7, 11) is 0. The van der Waals surface area contributed by atoms with Crippen LogP contribution in [0.5, 0.6) is 0 Å². The molecule has 3 nitrogen and oxygen atoms in total. The summed E-state index contributed by atoms with van der Waals surface area (Å²) in [6.45, 7) is 3.58. The zero-order valence-electron chi connectivity index (χ0n) is 6.83. The Hall–Kier alpha value is -1.90. The fraction of sp³-hybridized carbons (Fsp3) is 0. The molecule has 0 fully saturated rings. The molecule has 0 unspecified atom stereocenters. The van der Waals surface area contributed by atoms with Gasteiger partial charge in [-0.1, -0.05) is 24.8 Å². The predicted molar refractivity (Wildman–Crippen MR) is 49.5 cm³/mol. The second-order valence-corrected chi connectivity index (χ2v) is 2.76. The molecule has 0 aliphatic carbocycles. The summed E-state index contributed by atoms with van der Waals surface area (Å²) in [5.74, 6) is -1.05. The molecule has 0 spiro atoms. The van der Waals surface area contributed by atoms with E-state index in [-0.39, 0.29) is 0 Å². The average Bonchev–Trinajstić information content (AvgIpc) is 2.43. The summed E-state index contributed by atoms with van der Waals surface area (Å²) in [5, 5.41) is 2.49. The first kappa shape index (κ1) is 7.73. The first-order valence-corrected chi connectivity index (χ1v) is 3.85. The number of benzene rings is 1. The molecule has 1 aliphatic heterocycles. The largest absolute Gasteiger partial charge is 0.318 e. The highest BCUT2D eigenvalue weighted by molar-refractivity contribution is 6.52. The van der Waals surface area contributed by atoms with Crippen molar-refractivity contribution >= 4 is 23.5 Å². The van der Waals surface area contributed by atoms with Gasteiger partial charge in [-0.05, 0) is 11.6 Å². The second kappa shape index (κ2) is 2.55. The van der Waals surface area contributed by atoms with E-state index >= 15 is 0 Å². The lowest BCUT2D eigenvalue weighted by Crippen LogP contribution is -2.12. The maximum absolute atomic E-state index is 11.3. The summed E-state index contributed by atoms with van der Waals surface area (Å²) in [6.07, 6.45) is 1.57. The molecule has 2 rings (SSSR count). The zero-order valence-corrected chi connectivity index (χ0v) is 6.83. The van der Waals surface area contributed by atoms with Crippen molar-refractivity contribution in [2.75, 3.05) is 5.32 Å². The van der Waals surface area contributed by atoms with Crippen molar-refractivity contribution in [2.24, 2.45) is 0 Å². The number of fused-ring (bicyclic) bond motifs is 1. The van der Waals surface area contributed by atoms with Crippen molar-refractivity contribution in [3.05, 3.63) is 35.9 Å². The van der Waals surface area contributed by atoms with Gasteiger partial charge in [-0.2, -0.15) is 0 Å². The van der Waals surface area contributed by atoms with Crippen molar-refractivity contribution in [1.82, 2.24) is 0 Å². The van der Waals surface area contributed by atoms with Gasteiger partial charge in [-0.15, -0.1) is 0 Å². The molecular weight excluding hydrogens is 166 g/mol. The van der Waals surface area contributed by atoms with Crippen LogP contribution < -0.4 is 5.32 Å². The fourth-order valence-electron chi connectivity index (χ4n) is 1.39. The second-order valence-electron chi connectivity index (χ2n) is 2.76. The molecule has 64 valence electrons. The molecular formula is C10H7NO2. The lowest BCUT2D eigenvalue weighted by atomic mass is 10.0. The van der Waals surface area contributed by atoms with Crippen LogP contribution in [0.4, 0.5) is 5.69 Å². The van der Waals surface area contributed by atoms with Crippen LogP contribution in [0.25, 0.3) is 6.08 Å².